The van der Waals surface area contributed by atoms with Crippen LogP contribution in [0.5, 0.6) is 5.75 Å². The number of rotatable bonds is 4. The molecule has 2 N–H and O–H groups in total. The zero-order valence-electron chi connectivity index (χ0n) is 15.7. The number of piperidine rings is 1. The van der Waals surface area contributed by atoms with E-state index >= 15 is 0 Å². The van der Waals surface area contributed by atoms with Gasteiger partial charge in [-0.1, -0.05) is 0 Å². The third-order valence-corrected chi connectivity index (χ3v) is 5.85. The Kier molecular flexibility index (Phi) is 5.30. The fraction of sp³-hybridized carbons (Fsp3) is 0.421. The van der Waals surface area contributed by atoms with Crippen molar-refractivity contribution in [2.45, 2.75) is 32.0 Å². The first-order chi connectivity index (χ1) is 13.8. The summed E-state index contributed by atoms with van der Waals surface area (Å²) in [5.41, 5.74) is 1.60. The predicted molar refractivity (Wildman–Crippen MR) is 106 cm³/mol. The fourth-order valence-corrected chi connectivity index (χ4v) is 4.48. The molecule has 0 saturated carbocycles. The van der Waals surface area contributed by atoms with Gasteiger partial charge in [0.25, 0.3) is 0 Å². The predicted octanol–water partition coefficient (Wildman–Crippen LogP) is 4.21. The molecule has 1 fully saturated rings. The first-order valence-corrected chi connectivity index (χ1v) is 10.1. The van der Waals surface area contributed by atoms with E-state index in [4.69, 9.17) is 0 Å². The van der Waals surface area contributed by atoms with Crippen LogP contribution in [0, 0.1) is 6.92 Å². The Balaban J connectivity index is 1.50. The van der Waals surface area contributed by atoms with E-state index in [1.165, 1.54) is 16.2 Å². The molecule has 3 heterocycles. The zero-order valence-corrected chi connectivity index (χ0v) is 16.5. The number of halogens is 3. The van der Waals surface area contributed by atoms with Gasteiger partial charge in [0, 0.05) is 28.2 Å². The molecule has 1 aliphatic heterocycles. The number of nitrogens with zero attached hydrogens (tertiary/aromatic N) is 4. The van der Waals surface area contributed by atoms with E-state index in [-0.39, 0.29) is 24.3 Å². The number of nitrogens with one attached hydrogen (secondary N) is 1. The van der Waals surface area contributed by atoms with E-state index in [1.54, 1.807) is 13.0 Å². The van der Waals surface area contributed by atoms with Crippen LogP contribution < -0.4 is 5.32 Å². The summed E-state index contributed by atoms with van der Waals surface area (Å²) >= 11 is 1.54. The lowest BCUT2D eigenvalue weighted by atomic mass is 10.1. The van der Waals surface area contributed by atoms with Crippen molar-refractivity contribution in [3.8, 4) is 17.0 Å². The molecule has 154 valence electrons. The SMILES string of the molecule is Cc1nc(N[C@@H]2CCCN(CC(F)(F)F)C2)nnc1-c1ccc2sccc2c1O. The van der Waals surface area contributed by atoms with Gasteiger partial charge in [-0.3, -0.25) is 4.90 Å². The number of hydrogen-bond acceptors (Lipinski definition) is 7. The highest BCUT2D eigenvalue weighted by atomic mass is 32.1. The van der Waals surface area contributed by atoms with Crippen LogP contribution in [0.2, 0.25) is 0 Å². The monoisotopic (exact) mass is 423 g/mol. The summed E-state index contributed by atoms with van der Waals surface area (Å²) < 4.78 is 38.9. The lowest BCUT2D eigenvalue weighted by Crippen LogP contribution is -2.46. The van der Waals surface area contributed by atoms with Crippen LogP contribution >= 0.6 is 11.3 Å². The minimum atomic E-state index is -4.20. The van der Waals surface area contributed by atoms with Crippen molar-refractivity contribution < 1.29 is 18.3 Å². The number of thiophene rings is 1. The number of anilines is 1. The number of fused-ring (bicyclic) bond motifs is 1. The summed E-state index contributed by atoms with van der Waals surface area (Å²) in [6.45, 7) is 1.56. The summed E-state index contributed by atoms with van der Waals surface area (Å²) in [6.07, 6.45) is -2.79. The highest BCUT2D eigenvalue weighted by Gasteiger charge is 2.33. The number of hydrogen-bond donors (Lipinski definition) is 2. The summed E-state index contributed by atoms with van der Waals surface area (Å²) in [6, 6.07) is 5.38. The fourth-order valence-electron chi connectivity index (χ4n) is 3.69. The van der Waals surface area contributed by atoms with E-state index in [2.05, 4.69) is 20.5 Å². The van der Waals surface area contributed by atoms with Crippen LogP contribution in [-0.2, 0) is 0 Å². The number of aryl methyl sites for hydroxylation is 1. The second-order valence-corrected chi connectivity index (χ2v) is 8.15. The number of aromatic hydroxyl groups is 1. The van der Waals surface area contributed by atoms with Gasteiger partial charge in [-0.2, -0.15) is 13.2 Å². The Morgan fingerprint density at radius 1 is 1.28 bits per heavy atom. The summed E-state index contributed by atoms with van der Waals surface area (Å²) in [7, 11) is 0. The number of phenolic OH excluding ortho intramolecular Hbond substituents is 1. The molecule has 0 amide bonds. The maximum absolute atomic E-state index is 12.6. The van der Waals surface area contributed by atoms with Crippen molar-refractivity contribution in [1.82, 2.24) is 20.1 Å². The van der Waals surface area contributed by atoms with Crippen molar-refractivity contribution >= 4 is 27.4 Å². The van der Waals surface area contributed by atoms with E-state index in [1.807, 2.05) is 17.5 Å². The Hall–Kier alpha value is -2.46. The molecule has 0 radical (unpaired) electrons. The number of alkyl halides is 3. The molecule has 0 unspecified atom stereocenters. The second kappa shape index (κ2) is 7.75. The summed E-state index contributed by atoms with van der Waals surface area (Å²) in [5.74, 6) is 0.417. The second-order valence-electron chi connectivity index (χ2n) is 7.20. The molecule has 3 aromatic rings. The van der Waals surface area contributed by atoms with Crippen LogP contribution in [0.1, 0.15) is 18.5 Å². The molecular formula is C19H20F3N5OS. The normalized spacial score (nSPS) is 18.3. The molecule has 0 spiro atoms. The van der Waals surface area contributed by atoms with E-state index in [0.29, 0.717) is 29.9 Å². The Bertz CT molecular complexity index is 1020. The minimum Gasteiger partial charge on any atom is -0.507 e. The van der Waals surface area contributed by atoms with E-state index in [0.717, 1.165) is 16.5 Å². The first-order valence-electron chi connectivity index (χ1n) is 9.26. The van der Waals surface area contributed by atoms with Gasteiger partial charge in [0.2, 0.25) is 5.95 Å². The number of benzene rings is 1. The van der Waals surface area contributed by atoms with Crippen LogP contribution in [-0.4, -0.2) is 57.0 Å². The van der Waals surface area contributed by atoms with Crippen molar-refractivity contribution in [2.24, 2.45) is 0 Å². The lowest BCUT2D eigenvalue weighted by molar-refractivity contribution is -0.147. The average molecular weight is 423 g/mol. The molecule has 1 aliphatic rings. The third-order valence-electron chi connectivity index (χ3n) is 4.96. The highest BCUT2D eigenvalue weighted by Crippen LogP contribution is 2.37. The first kappa shape index (κ1) is 19.8. The van der Waals surface area contributed by atoms with Gasteiger partial charge in [0.05, 0.1) is 12.2 Å². The van der Waals surface area contributed by atoms with Gasteiger partial charge in [0.15, 0.2) is 0 Å². The number of aromatic nitrogens is 3. The summed E-state index contributed by atoms with van der Waals surface area (Å²) in [4.78, 5) is 5.81. The maximum Gasteiger partial charge on any atom is 0.401 e. The molecule has 4 rings (SSSR count). The maximum atomic E-state index is 12.6. The van der Waals surface area contributed by atoms with Crippen LogP contribution in [0.4, 0.5) is 19.1 Å². The Morgan fingerprint density at radius 3 is 2.86 bits per heavy atom. The quantitative estimate of drug-likeness (QED) is 0.655. The lowest BCUT2D eigenvalue weighted by Gasteiger charge is -2.33. The van der Waals surface area contributed by atoms with Crippen LogP contribution in [0.25, 0.3) is 21.3 Å². The molecular weight excluding hydrogens is 403 g/mol. The molecule has 1 atom stereocenters. The zero-order chi connectivity index (χ0) is 20.6. The molecule has 1 aromatic carbocycles. The molecule has 0 bridgehead atoms. The van der Waals surface area contributed by atoms with Crippen molar-refractivity contribution in [3.05, 3.63) is 29.3 Å². The van der Waals surface area contributed by atoms with Crippen molar-refractivity contribution in [2.75, 3.05) is 25.0 Å². The van der Waals surface area contributed by atoms with Gasteiger partial charge in [0.1, 0.15) is 11.4 Å². The molecule has 10 heteroatoms. The molecule has 1 saturated heterocycles. The largest absolute Gasteiger partial charge is 0.507 e. The highest BCUT2D eigenvalue weighted by molar-refractivity contribution is 7.17. The Morgan fingerprint density at radius 2 is 2.10 bits per heavy atom. The topological polar surface area (TPSA) is 74.2 Å². The number of likely N-dealkylation sites (tertiary alicyclic amines) is 1. The smallest absolute Gasteiger partial charge is 0.401 e. The molecule has 29 heavy (non-hydrogen) atoms. The van der Waals surface area contributed by atoms with E-state index < -0.39 is 12.7 Å². The molecule has 6 nitrogen and oxygen atoms in total. The van der Waals surface area contributed by atoms with E-state index in [9.17, 15) is 18.3 Å². The average Bonchev–Trinajstić information content (AvgIpc) is 3.11. The standard InChI is InChI=1S/C19H20F3N5OS/c1-11-16(14-4-5-15-13(17(14)28)6-8-29-15)25-26-18(23-11)24-12-3-2-7-27(9-12)10-19(20,21)22/h4-6,8,12,28H,2-3,7,9-10H2,1H3,(H,23,24,26)/t12-/m1/s1. The molecule has 2 aromatic heterocycles. The summed E-state index contributed by atoms with van der Waals surface area (Å²) in [5, 5.41) is 24.6. The van der Waals surface area contributed by atoms with Crippen molar-refractivity contribution in [3.63, 3.8) is 0 Å². The number of phenols is 1. The van der Waals surface area contributed by atoms with Gasteiger partial charge >= 0.3 is 6.18 Å². The molecule has 0 aliphatic carbocycles. The van der Waals surface area contributed by atoms with Gasteiger partial charge in [-0.25, -0.2) is 4.98 Å². The van der Waals surface area contributed by atoms with Crippen LogP contribution in [0.3, 0.4) is 0 Å². The van der Waals surface area contributed by atoms with Gasteiger partial charge in [-0.05, 0) is 49.9 Å². The van der Waals surface area contributed by atoms with Crippen LogP contribution in [0.15, 0.2) is 23.6 Å². The Labute approximate surface area is 169 Å². The van der Waals surface area contributed by atoms with Gasteiger partial charge in [-0.15, -0.1) is 21.5 Å². The van der Waals surface area contributed by atoms with Gasteiger partial charge < -0.3 is 10.4 Å². The third kappa shape index (κ3) is 4.43. The minimum absolute atomic E-state index is 0.138. The van der Waals surface area contributed by atoms with Crippen molar-refractivity contribution in [1.29, 1.82) is 0 Å².